The highest BCUT2D eigenvalue weighted by Crippen LogP contribution is 2.11. The average Bonchev–Trinajstić information content (AvgIpc) is 2.33. The molecule has 0 aliphatic rings. The van der Waals surface area contributed by atoms with Gasteiger partial charge < -0.3 is 5.73 Å². The van der Waals surface area contributed by atoms with E-state index in [1.807, 2.05) is 12.1 Å². The Kier molecular flexibility index (Phi) is 3.54. The van der Waals surface area contributed by atoms with Crippen LogP contribution in [0, 0.1) is 0 Å². The molecule has 1 heterocycles. The zero-order chi connectivity index (χ0) is 12.3. The van der Waals surface area contributed by atoms with Gasteiger partial charge in [-0.2, -0.15) is 0 Å². The van der Waals surface area contributed by atoms with E-state index in [1.165, 1.54) is 0 Å². The first-order chi connectivity index (χ1) is 8.15. The standard InChI is InChI=1S/C13H11BrN2O/c14-10-3-6-12(16-8-10)7-13(17)9-1-4-11(15)5-2-9/h1-6,8H,7,15H2. The molecule has 1 aromatic carbocycles. The molecule has 0 fully saturated rings. The molecule has 0 radical (unpaired) electrons. The highest BCUT2D eigenvalue weighted by Gasteiger charge is 2.07. The smallest absolute Gasteiger partial charge is 0.168 e. The van der Waals surface area contributed by atoms with Crippen LogP contribution in [0.4, 0.5) is 5.69 Å². The van der Waals surface area contributed by atoms with E-state index in [1.54, 1.807) is 30.5 Å². The number of nitrogens with two attached hydrogens (primary N) is 1. The lowest BCUT2D eigenvalue weighted by atomic mass is 10.1. The van der Waals surface area contributed by atoms with Crippen molar-refractivity contribution in [3.8, 4) is 0 Å². The number of pyridine rings is 1. The summed E-state index contributed by atoms with van der Waals surface area (Å²) < 4.78 is 0.904. The van der Waals surface area contributed by atoms with Crippen LogP contribution in [0.25, 0.3) is 0 Å². The predicted molar refractivity (Wildman–Crippen MR) is 70.8 cm³/mol. The minimum atomic E-state index is 0.0415. The van der Waals surface area contributed by atoms with E-state index in [2.05, 4.69) is 20.9 Å². The molecule has 0 amide bonds. The van der Waals surface area contributed by atoms with Gasteiger partial charge in [0.2, 0.25) is 0 Å². The van der Waals surface area contributed by atoms with E-state index in [0.29, 0.717) is 17.7 Å². The first-order valence-electron chi connectivity index (χ1n) is 5.14. The molecule has 0 atom stereocenters. The van der Waals surface area contributed by atoms with Gasteiger partial charge in [0.05, 0.1) is 6.42 Å². The molecule has 0 aliphatic carbocycles. The molecule has 0 bridgehead atoms. The number of carbonyl (C=O) groups excluding carboxylic acids is 1. The molecular formula is C13H11BrN2O. The van der Waals surface area contributed by atoms with Gasteiger partial charge >= 0.3 is 0 Å². The Balaban J connectivity index is 2.11. The number of carbonyl (C=O) groups is 1. The van der Waals surface area contributed by atoms with E-state index in [4.69, 9.17) is 5.73 Å². The van der Waals surface area contributed by atoms with Crippen LogP contribution < -0.4 is 5.73 Å². The van der Waals surface area contributed by atoms with Gasteiger partial charge in [-0.25, -0.2) is 0 Å². The monoisotopic (exact) mass is 290 g/mol. The molecule has 2 N–H and O–H groups in total. The lowest BCUT2D eigenvalue weighted by Crippen LogP contribution is -2.05. The molecule has 17 heavy (non-hydrogen) atoms. The second kappa shape index (κ2) is 5.10. The normalized spacial score (nSPS) is 10.2. The maximum Gasteiger partial charge on any atom is 0.168 e. The highest BCUT2D eigenvalue weighted by molar-refractivity contribution is 9.10. The summed E-state index contributed by atoms with van der Waals surface area (Å²) in [6, 6.07) is 10.6. The van der Waals surface area contributed by atoms with Gasteiger partial charge in [0, 0.05) is 27.6 Å². The van der Waals surface area contributed by atoms with E-state index in [-0.39, 0.29) is 5.78 Å². The van der Waals surface area contributed by atoms with Crippen LogP contribution in [0.3, 0.4) is 0 Å². The van der Waals surface area contributed by atoms with Crippen molar-refractivity contribution in [1.29, 1.82) is 0 Å². The molecule has 0 aliphatic heterocycles. The summed E-state index contributed by atoms with van der Waals surface area (Å²) in [4.78, 5) is 16.1. The number of hydrogen-bond donors (Lipinski definition) is 1. The lowest BCUT2D eigenvalue weighted by Gasteiger charge is -2.01. The van der Waals surface area contributed by atoms with Crippen molar-refractivity contribution in [3.05, 3.63) is 58.3 Å². The van der Waals surface area contributed by atoms with Crippen molar-refractivity contribution in [3.63, 3.8) is 0 Å². The van der Waals surface area contributed by atoms with Crippen LogP contribution in [0.2, 0.25) is 0 Å². The van der Waals surface area contributed by atoms with Crippen LogP contribution in [0.5, 0.6) is 0 Å². The summed E-state index contributed by atoms with van der Waals surface area (Å²) in [5, 5.41) is 0. The summed E-state index contributed by atoms with van der Waals surface area (Å²) in [5.41, 5.74) is 7.64. The Labute approximate surface area is 108 Å². The molecule has 86 valence electrons. The summed E-state index contributed by atoms with van der Waals surface area (Å²) in [5.74, 6) is 0.0415. The summed E-state index contributed by atoms with van der Waals surface area (Å²) in [7, 11) is 0. The first-order valence-corrected chi connectivity index (χ1v) is 5.93. The van der Waals surface area contributed by atoms with Crippen LogP contribution in [-0.4, -0.2) is 10.8 Å². The highest BCUT2D eigenvalue weighted by atomic mass is 79.9. The Bertz CT molecular complexity index is 520. The molecule has 2 aromatic rings. The van der Waals surface area contributed by atoms with E-state index in [0.717, 1.165) is 10.2 Å². The first kappa shape index (κ1) is 11.8. The van der Waals surface area contributed by atoms with Gasteiger partial charge in [-0.3, -0.25) is 9.78 Å². The van der Waals surface area contributed by atoms with Crippen LogP contribution in [0.1, 0.15) is 16.1 Å². The SMILES string of the molecule is Nc1ccc(C(=O)Cc2ccc(Br)cn2)cc1. The number of anilines is 1. The number of aromatic nitrogens is 1. The van der Waals surface area contributed by atoms with Gasteiger partial charge in [0.25, 0.3) is 0 Å². The summed E-state index contributed by atoms with van der Waals surface area (Å²) >= 11 is 3.30. The van der Waals surface area contributed by atoms with Gasteiger partial charge in [-0.05, 0) is 52.3 Å². The van der Waals surface area contributed by atoms with Crippen molar-refractivity contribution < 1.29 is 4.79 Å². The fourth-order valence-electron chi connectivity index (χ4n) is 1.45. The second-order valence-corrected chi connectivity index (χ2v) is 4.61. The number of rotatable bonds is 3. The Hall–Kier alpha value is -1.68. The van der Waals surface area contributed by atoms with Gasteiger partial charge in [0.15, 0.2) is 5.78 Å². The molecule has 3 nitrogen and oxygen atoms in total. The molecule has 0 spiro atoms. The van der Waals surface area contributed by atoms with E-state index >= 15 is 0 Å². The largest absolute Gasteiger partial charge is 0.399 e. The molecule has 2 rings (SSSR count). The van der Waals surface area contributed by atoms with Crippen LogP contribution in [0.15, 0.2) is 47.1 Å². The molecule has 0 unspecified atom stereocenters. The summed E-state index contributed by atoms with van der Waals surface area (Å²) in [6.45, 7) is 0. The van der Waals surface area contributed by atoms with Crippen molar-refractivity contribution >= 4 is 27.4 Å². The third-order valence-electron chi connectivity index (χ3n) is 2.36. The number of nitrogens with zero attached hydrogens (tertiary/aromatic N) is 1. The maximum atomic E-state index is 11.9. The van der Waals surface area contributed by atoms with Crippen LogP contribution in [-0.2, 0) is 6.42 Å². The lowest BCUT2D eigenvalue weighted by molar-refractivity contribution is 0.0992. The molecule has 0 saturated heterocycles. The zero-order valence-electron chi connectivity index (χ0n) is 9.06. The van der Waals surface area contributed by atoms with E-state index < -0.39 is 0 Å². The van der Waals surface area contributed by atoms with Crippen molar-refractivity contribution in [2.24, 2.45) is 0 Å². The van der Waals surface area contributed by atoms with Gasteiger partial charge in [0.1, 0.15) is 0 Å². The predicted octanol–water partition coefficient (Wildman–Crippen LogP) is 2.85. The number of Topliss-reactive ketones (excluding diaryl/α,β-unsaturated/α-hetero) is 1. The number of halogens is 1. The number of hydrogen-bond acceptors (Lipinski definition) is 3. The maximum absolute atomic E-state index is 11.9. The van der Waals surface area contributed by atoms with E-state index in [9.17, 15) is 4.79 Å². The number of nitrogen functional groups attached to an aromatic ring is 1. The molecule has 4 heteroatoms. The summed E-state index contributed by atoms with van der Waals surface area (Å²) in [6.07, 6.45) is 1.99. The topological polar surface area (TPSA) is 56.0 Å². The third kappa shape index (κ3) is 3.14. The minimum absolute atomic E-state index is 0.0415. The fourth-order valence-corrected chi connectivity index (χ4v) is 1.68. The Morgan fingerprint density at radius 2 is 1.88 bits per heavy atom. The zero-order valence-corrected chi connectivity index (χ0v) is 10.6. The molecular weight excluding hydrogens is 280 g/mol. The number of benzene rings is 1. The van der Waals surface area contributed by atoms with Crippen molar-refractivity contribution in [1.82, 2.24) is 4.98 Å². The quantitative estimate of drug-likeness (QED) is 0.699. The number of ketones is 1. The van der Waals surface area contributed by atoms with Gasteiger partial charge in [-0.1, -0.05) is 0 Å². The van der Waals surface area contributed by atoms with Crippen molar-refractivity contribution in [2.75, 3.05) is 5.73 Å². The minimum Gasteiger partial charge on any atom is -0.399 e. The Morgan fingerprint density at radius 1 is 1.18 bits per heavy atom. The Morgan fingerprint density at radius 3 is 2.47 bits per heavy atom. The third-order valence-corrected chi connectivity index (χ3v) is 2.83. The fraction of sp³-hybridized carbons (Fsp3) is 0.0769. The van der Waals surface area contributed by atoms with Gasteiger partial charge in [-0.15, -0.1) is 0 Å². The molecule has 1 aromatic heterocycles. The van der Waals surface area contributed by atoms with Crippen LogP contribution >= 0.6 is 15.9 Å². The second-order valence-electron chi connectivity index (χ2n) is 3.69. The average molecular weight is 291 g/mol. The van der Waals surface area contributed by atoms with Crippen molar-refractivity contribution in [2.45, 2.75) is 6.42 Å². The molecule has 0 saturated carbocycles.